The number of rotatable bonds is 6. The summed E-state index contributed by atoms with van der Waals surface area (Å²) in [4.78, 5) is 10.4. The van der Waals surface area contributed by atoms with Crippen LogP contribution in [0, 0.1) is 0 Å². The summed E-state index contributed by atoms with van der Waals surface area (Å²) in [7, 11) is -1.49. The number of nitrogens with one attached hydrogen (secondary N) is 1. The summed E-state index contributed by atoms with van der Waals surface area (Å²) in [5.41, 5.74) is 1.72. The van der Waals surface area contributed by atoms with Gasteiger partial charge in [0.25, 0.3) is 0 Å². The molecule has 0 atom stereocenters. The Hall–Kier alpha value is -1.79. The fourth-order valence-corrected chi connectivity index (χ4v) is 1.26. The predicted molar refractivity (Wildman–Crippen MR) is 65.9 cm³/mol. The molecule has 0 bridgehead atoms. The maximum absolute atomic E-state index is 10.4. The zero-order valence-electron chi connectivity index (χ0n) is 9.26. The molecule has 0 unspecified atom stereocenters. The summed E-state index contributed by atoms with van der Waals surface area (Å²) in [6, 6.07) is 6.47. The van der Waals surface area contributed by atoms with Gasteiger partial charge in [0.15, 0.2) is 0 Å². The molecule has 6 heteroatoms. The van der Waals surface area contributed by atoms with Crippen LogP contribution in [-0.2, 0) is 4.79 Å². The van der Waals surface area contributed by atoms with Crippen molar-refractivity contribution >= 4 is 24.2 Å². The third-order valence-electron chi connectivity index (χ3n) is 2.17. The number of carboxylic acids is 1. The SMILES string of the molecule is C=C(CCC(=O)O)Nc1ccc(B(O)O)cc1. The summed E-state index contributed by atoms with van der Waals surface area (Å²) in [5.74, 6) is -0.869. The normalized spacial score (nSPS) is 9.76. The topological polar surface area (TPSA) is 89.8 Å². The molecule has 0 spiro atoms. The molecule has 0 aliphatic rings. The fraction of sp³-hybridized carbons (Fsp3) is 0.182. The first-order chi connectivity index (χ1) is 7.99. The van der Waals surface area contributed by atoms with E-state index in [1.807, 2.05) is 0 Å². The van der Waals surface area contributed by atoms with Crippen molar-refractivity contribution in [1.29, 1.82) is 0 Å². The van der Waals surface area contributed by atoms with E-state index in [4.69, 9.17) is 15.2 Å². The zero-order valence-corrected chi connectivity index (χ0v) is 9.26. The van der Waals surface area contributed by atoms with E-state index in [2.05, 4.69) is 11.9 Å². The van der Waals surface area contributed by atoms with Gasteiger partial charge in [0.05, 0.1) is 6.42 Å². The van der Waals surface area contributed by atoms with Gasteiger partial charge in [-0.3, -0.25) is 4.79 Å². The van der Waals surface area contributed by atoms with Crippen LogP contribution in [0.4, 0.5) is 5.69 Å². The molecule has 0 amide bonds. The maximum Gasteiger partial charge on any atom is 0.488 e. The highest BCUT2D eigenvalue weighted by Crippen LogP contribution is 2.10. The molecule has 0 saturated heterocycles. The molecule has 1 rings (SSSR count). The summed E-state index contributed by atoms with van der Waals surface area (Å²) >= 11 is 0. The lowest BCUT2D eigenvalue weighted by Gasteiger charge is -2.09. The highest BCUT2D eigenvalue weighted by molar-refractivity contribution is 6.58. The monoisotopic (exact) mass is 235 g/mol. The molecule has 0 aliphatic heterocycles. The van der Waals surface area contributed by atoms with Crippen LogP contribution >= 0.6 is 0 Å². The van der Waals surface area contributed by atoms with Crippen molar-refractivity contribution in [2.24, 2.45) is 0 Å². The quantitative estimate of drug-likeness (QED) is 0.527. The number of carbonyl (C=O) groups is 1. The molecule has 0 heterocycles. The van der Waals surface area contributed by atoms with Gasteiger partial charge in [-0.2, -0.15) is 0 Å². The summed E-state index contributed by atoms with van der Waals surface area (Å²) < 4.78 is 0. The number of hydrogen-bond acceptors (Lipinski definition) is 4. The molecule has 0 saturated carbocycles. The number of hydrogen-bond donors (Lipinski definition) is 4. The minimum absolute atomic E-state index is 0.0271. The van der Waals surface area contributed by atoms with E-state index in [1.165, 1.54) is 0 Å². The molecular formula is C11H14BNO4. The van der Waals surface area contributed by atoms with Crippen LogP contribution in [0.25, 0.3) is 0 Å². The van der Waals surface area contributed by atoms with Gasteiger partial charge in [0.1, 0.15) is 0 Å². The Morgan fingerprint density at radius 1 is 1.24 bits per heavy atom. The molecular weight excluding hydrogens is 221 g/mol. The number of aliphatic carboxylic acids is 1. The molecule has 1 aromatic carbocycles. The predicted octanol–water partition coefficient (Wildman–Crippen LogP) is 0.157. The fourth-order valence-electron chi connectivity index (χ4n) is 1.26. The number of carboxylic acid groups (broad SMARTS) is 1. The van der Waals surface area contributed by atoms with Crippen LogP contribution in [0.5, 0.6) is 0 Å². The third-order valence-corrected chi connectivity index (χ3v) is 2.17. The first-order valence-electron chi connectivity index (χ1n) is 5.11. The van der Waals surface area contributed by atoms with Gasteiger partial charge in [-0.1, -0.05) is 18.7 Å². The molecule has 90 valence electrons. The third kappa shape index (κ3) is 4.71. The van der Waals surface area contributed by atoms with Gasteiger partial charge in [0, 0.05) is 11.4 Å². The van der Waals surface area contributed by atoms with E-state index in [1.54, 1.807) is 24.3 Å². The van der Waals surface area contributed by atoms with Crippen LogP contribution in [0.15, 0.2) is 36.5 Å². The van der Waals surface area contributed by atoms with E-state index in [-0.39, 0.29) is 6.42 Å². The van der Waals surface area contributed by atoms with Gasteiger partial charge in [-0.15, -0.1) is 0 Å². The molecule has 0 radical (unpaired) electrons. The van der Waals surface area contributed by atoms with E-state index in [0.717, 1.165) is 5.69 Å². The van der Waals surface area contributed by atoms with Gasteiger partial charge >= 0.3 is 13.1 Å². The number of anilines is 1. The zero-order chi connectivity index (χ0) is 12.8. The van der Waals surface area contributed by atoms with E-state index < -0.39 is 13.1 Å². The molecule has 4 N–H and O–H groups in total. The number of benzene rings is 1. The van der Waals surface area contributed by atoms with Gasteiger partial charge in [-0.05, 0) is 24.0 Å². The second-order valence-corrected chi connectivity index (χ2v) is 3.62. The highest BCUT2D eigenvalue weighted by atomic mass is 16.4. The van der Waals surface area contributed by atoms with Crippen molar-refractivity contribution in [2.45, 2.75) is 12.8 Å². The van der Waals surface area contributed by atoms with Crippen molar-refractivity contribution in [3.05, 3.63) is 36.5 Å². The smallest absolute Gasteiger partial charge is 0.481 e. The summed E-state index contributed by atoms with van der Waals surface area (Å²) in [6.45, 7) is 3.71. The molecule has 0 aromatic heterocycles. The summed E-state index contributed by atoms with van der Waals surface area (Å²) in [6.07, 6.45) is 0.374. The largest absolute Gasteiger partial charge is 0.488 e. The van der Waals surface area contributed by atoms with E-state index >= 15 is 0 Å². The van der Waals surface area contributed by atoms with Crippen molar-refractivity contribution in [2.75, 3.05) is 5.32 Å². The maximum atomic E-state index is 10.4. The van der Waals surface area contributed by atoms with Crippen LogP contribution < -0.4 is 10.8 Å². The first-order valence-corrected chi connectivity index (χ1v) is 5.11. The highest BCUT2D eigenvalue weighted by Gasteiger charge is 2.09. The Bertz CT molecular complexity index is 402. The average Bonchev–Trinajstić information content (AvgIpc) is 2.27. The lowest BCUT2D eigenvalue weighted by atomic mass is 9.80. The Kier molecular flexibility index (Phi) is 4.75. The van der Waals surface area contributed by atoms with Gasteiger partial charge in [0.2, 0.25) is 0 Å². The van der Waals surface area contributed by atoms with Gasteiger partial charge in [-0.25, -0.2) is 0 Å². The first kappa shape index (κ1) is 13.3. The molecule has 0 aliphatic carbocycles. The minimum Gasteiger partial charge on any atom is -0.481 e. The van der Waals surface area contributed by atoms with E-state index in [9.17, 15) is 4.79 Å². The number of allylic oxidation sites excluding steroid dienone is 1. The molecule has 17 heavy (non-hydrogen) atoms. The standard InChI is InChI=1S/C11H14BNO4/c1-8(2-7-11(14)15)13-10-5-3-9(4-6-10)12(16)17/h3-6,13,16-17H,1-2,7H2,(H,14,15). The molecule has 5 nitrogen and oxygen atoms in total. The second-order valence-electron chi connectivity index (χ2n) is 3.62. The van der Waals surface area contributed by atoms with Crippen molar-refractivity contribution in [1.82, 2.24) is 0 Å². The summed E-state index contributed by atoms with van der Waals surface area (Å²) in [5, 5.41) is 29.2. The van der Waals surface area contributed by atoms with Crippen LogP contribution in [0.3, 0.4) is 0 Å². The Labute approximate surface area is 99.6 Å². The lowest BCUT2D eigenvalue weighted by Crippen LogP contribution is -2.29. The van der Waals surface area contributed by atoms with Crippen molar-refractivity contribution in [3.63, 3.8) is 0 Å². The van der Waals surface area contributed by atoms with Crippen LogP contribution in [-0.4, -0.2) is 28.2 Å². The molecule has 0 fully saturated rings. The Balaban J connectivity index is 2.51. The van der Waals surface area contributed by atoms with Crippen molar-refractivity contribution < 1.29 is 19.9 Å². The van der Waals surface area contributed by atoms with Crippen LogP contribution in [0.1, 0.15) is 12.8 Å². The second kappa shape index (κ2) is 6.07. The van der Waals surface area contributed by atoms with Gasteiger partial charge < -0.3 is 20.5 Å². The van der Waals surface area contributed by atoms with Crippen LogP contribution in [0.2, 0.25) is 0 Å². The Morgan fingerprint density at radius 3 is 2.29 bits per heavy atom. The Morgan fingerprint density at radius 2 is 1.82 bits per heavy atom. The average molecular weight is 235 g/mol. The van der Waals surface area contributed by atoms with Crippen molar-refractivity contribution in [3.8, 4) is 0 Å². The minimum atomic E-state index is -1.49. The molecule has 1 aromatic rings. The van der Waals surface area contributed by atoms with E-state index in [0.29, 0.717) is 17.6 Å². The lowest BCUT2D eigenvalue weighted by molar-refractivity contribution is -0.136.